The molecule has 0 spiro atoms. The Labute approximate surface area is 108 Å². The van der Waals surface area contributed by atoms with Crippen LogP contribution in [0.3, 0.4) is 0 Å². The summed E-state index contributed by atoms with van der Waals surface area (Å²) in [6.07, 6.45) is -0.587. The van der Waals surface area contributed by atoms with E-state index in [1.165, 1.54) is 0 Å². The SMILES string of the molecule is CCCC(=O)NCC(F)C(C)OCCOCCN. The highest BCUT2D eigenvalue weighted by atomic mass is 19.1. The number of carbonyl (C=O) groups excluding carboxylic acids is 1. The van der Waals surface area contributed by atoms with Crippen LogP contribution in [0.25, 0.3) is 0 Å². The fraction of sp³-hybridized carbons (Fsp3) is 0.917. The van der Waals surface area contributed by atoms with Crippen molar-refractivity contribution < 1.29 is 18.7 Å². The van der Waals surface area contributed by atoms with Gasteiger partial charge < -0.3 is 20.5 Å². The average Bonchev–Trinajstić information content (AvgIpc) is 2.35. The van der Waals surface area contributed by atoms with Crippen molar-refractivity contribution in [3.63, 3.8) is 0 Å². The maximum Gasteiger partial charge on any atom is 0.220 e. The second-order valence-electron chi connectivity index (χ2n) is 4.05. The number of halogens is 1. The molecule has 0 aliphatic heterocycles. The van der Waals surface area contributed by atoms with Gasteiger partial charge in [0.25, 0.3) is 0 Å². The van der Waals surface area contributed by atoms with Gasteiger partial charge in [0.05, 0.1) is 32.5 Å². The van der Waals surface area contributed by atoms with Crippen molar-refractivity contribution in [2.45, 2.75) is 39.0 Å². The third kappa shape index (κ3) is 9.32. The first kappa shape index (κ1) is 17.3. The van der Waals surface area contributed by atoms with Gasteiger partial charge in [0.2, 0.25) is 5.91 Å². The topological polar surface area (TPSA) is 73.6 Å². The smallest absolute Gasteiger partial charge is 0.220 e. The van der Waals surface area contributed by atoms with E-state index < -0.39 is 12.3 Å². The Balaban J connectivity index is 3.56. The summed E-state index contributed by atoms with van der Waals surface area (Å²) in [4.78, 5) is 11.2. The van der Waals surface area contributed by atoms with Crippen LogP contribution in [0.4, 0.5) is 4.39 Å². The van der Waals surface area contributed by atoms with Crippen LogP contribution in [0.5, 0.6) is 0 Å². The molecule has 1 amide bonds. The van der Waals surface area contributed by atoms with Crippen molar-refractivity contribution >= 4 is 5.91 Å². The molecule has 2 unspecified atom stereocenters. The van der Waals surface area contributed by atoms with Gasteiger partial charge in [-0.05, 0) is 13.3 Å². The number of alkyl halides is 1. The van der Waals surface area contributed by atoms with Crippen LogP contribution in [-0.2, 0) is 14.3 Å². The maximum atomic E-state index is 13.6. The summed E-state index contributed by atoms with van der Waals surface area (Å²) in [5, 5.41) is 2.53. The standard InChI is InChI=1S/C12H25FN2O3/c1-3-4-12(16)15-9-11(13)10(2)18-8-7-17-6-5-14/h10-11H,3-9,14H2,1-2H3,(H,15,16). The summed E-state index contributed by atoms with van der Waals surface area (Å²) >= 11 is 0. The normalized spacial score (nSPS) is 14.2. The molecule has 0 saturated carbocycles. The Morgan fingerprint density at radius 1 is 1.39 bits per heavy atom. The molecular formula is C12H25FN2O3. The molecular weight excluding hydrogens is 239 g/mol. The quantitative estimate of drug-likeness (QED) is 0.537. The highest BCUT2D eigenvalue weighted by Gasteiger charge is 2.17. The summed E-state index contributed by atoms with van der Waals surface area (Å²) in [6.45, 7) is 5.19. The van der Waals surface area contributed by atoms with Crippen molar-refractivity contribution in [3.8, 4) is 0 Å². The van der Waals surface area contributed by atoms with E-state index in [-0.39, 0.29) is 12.5 Å². The molecule has 0 heterocycles. The van der Waals surface area contributed by atoms with Gasteiger partial charge in [-0.1, -0.05) is 6.92 Å². The van der Waals surface area contributed by atoms with Crippen LogP contribution < -0.4 is 11.1 Å². The third-order valence-corrected chi connectivity index (χ3v) is 2.35. The van der Waals surface area contributed by atoms with Crippen LogP contribution in [-0.4, -0.2) is 51.1 Å². The lowest BCUT2D eigenvalue weighted by molar-refractivity contribution is -0.121. The maximum absolute atomic E-state index is 13.6. The molecule has 2 atom stereocenters. The van der Waals surface area contributed by atoms with E-state index in [1.54, 1.807) is 6.92 Å². The summed E-state index contributed by atoms with van der Waals surface area (Å²) in [5.41, 5.74) is 5.25. The van der Waals surface area contributed by atoms with E-state index >= 15 is 0 Å². The number of nitrogens with one attached hydrogen (secondary N) is 1. The van der Waals surface area contributed by atoms with Gasteiger partial charge in [-0.2, -0.15) is 0 Å². The van der Waals surface area contributed by atoms with E-state index in [1.807, 2.05) is 6.92 Å². The molecule has 0 aromatic rings. The summed E-state index contributed by atoms with van der Waals surface area (Å²) in [6, 6.07) is 0. The Kier molecular flexibility index (Phi) is 10.9. The molecule has 3 N–H and O–H groups in total. The zero-order chi connectivity index (χ0) is 13.8. The second kappa shape index (κ2) is 11.4. The van der Waals surface area contributed by atoms with Gasteiger partial charge in [0.15, 0.2) is 0 Å². The van der Waals surface area contributed by atoms with Crippen molar-refractivity contribution in [3.05, 3.63) is 0 Å². The fourth-order valence-corrected chi connectivity index (χ4v) is 1.28. The van der Waals surface area contributed by atoms with Gasteiger partial charge in [0.1, 0.15) is 6.17 Å². The first-order valence-corrected chi connectivity index (χ1v) is 6.42. The molecule has 18 heavy (non-hydrogen) atoms. The molecule has 0 aromatic heterocycles. The Morgan fingerprint density at radius 2 is 2.11 bits per heavy atom. The lowest BCUT2D eigenvalue weighted by atomic mass is 10.2. The third-order valence-electron chi connectivity index (χ3n) is 2.35. The van der Waals surface area contributed by atoms with Gasteiger partial charge in [0, 0.05) is 13.0 Å². The highest BCUT2D eigenvalue weighted by molar-refractivity contribution is 5.75. The van der Waals surface area contributed by atoms with E-state index in [9.17, 15) is 9.18 Å². The van der Waals surface area contributed by atoms with Gasteiger partial charge in [-0.3, -0.25) is 4.79 Å². The minimum Gasteiger partial charge on any atom is -0.378 e. The van der Waals surface area contributed by atoms with Crippen molar-refractivity contribution in [2.75, 3.05) is 32.9 Å². The van der Waals surface area contributed by atoms with Crippen LogP contribution in [0.2, 0.25) is 0 Å². The molecule has 5 nitrogen and oxygen atoms in total. The van der Waals surface area contributed by atoms with E-state index in [0.29, 0.717) is 32.8 Å². The highest BCUT2D eigenvalue weighted by Crippen LogP contribution is 2.02. The van der Waals surface area contributed by atoms with E-state index in [4.69, 9.17) is 15.2 Å². The molecule has 0 saturated heterocycles. The van der Waals surface area contributed by atoms with Gasteiger partial charge >= 0.3 is 0 Å². The minimum atomic E-state index is -1.21. The first-order valence-electron chi connectivity index (χ1n) is 6.42. The van der Waals surface area contributed by atoms with Crippen LogP contribution >= 0.6 is 0 Å². The molecule has 0 aliphatic carbocycles. The molecule has 108 valence electrons. The monoisotopic (exact) mass is 264 g/mol. The molecule has 0 bridgehead atoms. The number of hydrogen-bond acceptors (Lipinski definition) is 4. The summed E-state index contributed by atoms with van der Waals surface area (Å²) in [7, 11) is 0. The van der Waals surface area contributed by atoms with Crippen LogP contribution in [0.1, 0.15) is 26.7 Å². The molecule has 6 heteroatoms. The van der Waals surface area contributed by atoms with Gasteiger partial charge in [-0.25, -0.2) is 4.39 Å². The molecule has 0 rings (SSSR count). The van der Waals surface area contributed by atoms with Crippen molar-refractivity contribution in [2.24, 2.45) is 5.73 Å². The molecule has 0 aromatic carbocycles. The van der Waals surface area contributed by atoms with E-state index in [2.05, 4.69) is 5.32 Å². The lowest BCUT2D eigenvalue weighted by Gasteiger charge is -2.18. The minimum absolute atomic E-state index is 0.0103. The van der Waals surface area contributed by atoms with Gasteiger partial charge in [-0.15, -0.1) is 0 Å². The largest absolute Gasteiger partial charge is 0.378 e. The fourth-order valence-electron chi connectivity index (χ4n) is 1.28. The number of carbonyl (C=O) groups is 1. The number of amides is 1. The first-order chi connectivity index (χ1) is 8.61. The summed E-state index contributed by atoms with van der Waals surface area (Å²) in [5.74, 6) is -0.126. The van der Waals surface area contributed by atoms with Crippen LogP contribution in [0.15, 0.2) is 0 Å². The van der Waals surface area contributed by atoms with Crippen LogP contribution in [0, 0.1) is 0 Å². The lowest BCUT2D eigenvalue weighted by Crippen LogP contribution is -2.36. The number of rotatable bonds is 11. The zero-order valence-corrected chi connectivity index (χ0v) is 11.3. The average molecular weight is 264 g/mol. The molecule has 0 radical (unpaired) electrons. The van der Waals surface area contributed by atoms with Crippen molar-refractivity contribution in [1.82, 2.24) is 5.32 Å². The predicted octanol–water partition coefficient (Wildman–Crippen LogP) is 0.621. The predicted molar refractivity (Wildman–Crippen MR) is 68.1 cm³/mol. The Hall–Kier alpha value is -0.720. The number of ether oxygens (including phenoxy) is 2. The Morgan fingerprint density at radius 3 is 2.72 bits per heavy atom. The molecule has 0 fully saturated rings. The summed E-state index contributed by atoms with van der Waals surface area (Å²) < 4.78 is 23.9. The Bertz CT molecular complexity index is 217. The van der Waals surface area contributed by atoms with Crippen molar-refractivity contribution in [1.29, 1.82) is 0 Å². The van der Waals surface area contributed by atoms with E-state index in [0.717, 1.165) is 6.42 Å². The number of nitrogens with two attached hydrogens (primary N) is 1. The zero-order valence-electron chi connectivity index (χ0n) is 11.3. The second-order valence-corrected chi connectivity index (χ2v) is 4.05. The molecule has 0 aliphatic rings. The number of hydrogen-bond donors (Lipinski definition) is 2.